The predicted octanol–water partition coefficient (Wildman–Crippen LogP) is 1.99. The number of ether oxygens (including phenoxy) is 1. The van der Waals surface area contributed by atoms with Crippen molar-refractivity contribution in [2.45, 2.75) is 6.92 Å². The maximum Gasteiger partial charge on any atom is 0.354 e. The number of hydrogen-bond acceptors (Lipinski definition) is 7. The van der Waals surface area contributed by atoms with Gasteiger partial charge < -0.3 is 10.1 Å². The highest BCUT2D eigenvalue weighted by molar-refractivity contribution is 5.92. The van der Waals surface area contributed by atoms with Gasteiger partial charge in [0.1, 0.15) is 11.4 Å². The summed E-state index contributed by atoms with van der Waals surface area (Å²) < 4.78 is 4.49. The second-order valence-electron chi connectivity index (χ2n) is 3.53. The van der Waals surface area contributed by atoms with Crippen molar-refractivity contribution in [2.75, 3.05) is 12.4 Å². The molecule has 0 spiro atoms. The Labute approximate surface area is 113 Å². The van der Waals surface area contributed by atoms with E-state index in [9.17, 15) is 25.0 Å². The molecule has 1 aromatic carbocycles. The number of carbonyl (C=O) groups is 1. The zero-order chi connectivity index (χ0) is 15.3. The van der Waals surface area contributed by atoms with Crippen LogP contribution in [0.3, 0.4) is 0 Å². The van der Waals surface area contributed by atoms with Crippen LogP contribution in [0, 0.1) is 20.2 Å². The molecular formula is C11H11N3O6. The number of nitro benzene ring substituents is 2. The number of non-ortho nitro benzene ring substituents is 1. The fraction of sp³-hybridized carbons (Fsp3) is 0.182. The fourth-order valence-corrected chi connectivity index (χ4v) is 1.39. The van der Waals surface area contributed by atoms with Crippen LogP contribution in [0.15, 0.2) is 30.0 Å². The first-order valence-corrected chi connectivity index (χ1v) is 5.35. The molecule has 0 aliphatic rings. The van der Waals surface area contributed by atoms with E-state index >= 15 is 0 Å². The molecular weight excluding hydrogens is 270 g/mol. The summed E-state index contributed by atoms with van der Waals surface area (Å²) in [6.45, 7) is 1.54. The van der Waals surface area contributed by atoms with Gasteiger partial charge >= 0.3 is 5.97 Å². The first-order valence-electron chi connectivity index (χ1n) is 5.35. The van der Waals surface area contributed by atoms with Gasteiger partial charge in [-0.2, -0.15) is 0 Å². The lowest BCUT2D eigenvalue weighted by atomic mass is 10.2. The van der Waals surface area contributed by atoms with Crippen LogP contribution in [0.25, 0.3) is 0 Å². The van der Waals surface area contributed by atoms with Gasteiger partial charge in [0.25, 0.3) is 11.4 Å². The molecule has 106 valence electrons. The summed E-state index contributed by atoms with van der Waals surface area (Å²) in [5.74, 6) is -0.708. The summed E-state index contributed by atoms with van der Waals surface area (Å²) in [6, 6.07) is 3.06. The maximum atomic E-state index is 11.4. The third-order valence-corrected chi connectivity index (χ3v) is 2.35. The molecule has 0 fully saturated rings. The van der Waals surface area contributed by atoms with Gasteiger partial charge in [0.05, 0.1) is 23.0 Å². The summed E-state index contributed by atoms with van der Waals surface area (Å²) in [4.78, 5) is 31.4. The number of nitro groups is 2. The van der Waals surface area contributed by atoms with Crippen molar-refractivity contribution < 1.29 is 19.4 Å². The Kier molecular flexibility index (Phi) is 4.73. The topological polar surface area (TPSA) is 125 Å². The van der Waals surface area contributed by atoms with Crippen LogP contribution in [0.4, 0.5) is 17.1 Å². The van der Waals surface area contributed by atoms with Crippen molar-refractivity contribution in [1.82, 2.24) is 0 Å². The Bertz CT molecular complexity index is 596. The van der Waals surface area contributed by atoms with E-state index in [4.69, 9.17) is 0 Å². The van der Waals surface area contributed by atoms with Crippen LogP contribution in [-0.2, 0) is 9.53 Å². The minimum atomic E-state index is -0.778. The van der Waals surface area contributed by atoms with Gasteiger partial charge in [0, 0.05) is 6.07 Å². The van der Waals surface area contributed by atoms with Crippen LogP contribution >= 0.6 is 0 Å². The van der Waals surface area contributed by atoms with Gasteiger partial charge in [-0.15, -0.1) is 0 Å². The highest BCUT2D eigenvalue weighted by Crippen LogP contribution is 2.29. The zero-order valence-corrected chi connectivity index (χ0v) is 10.7. The van der Waals surface area contributed by atoms with Crippen LogP contribution in [0.1, 0.15) is 6.92 Å². The number of nitrogens with zero attached hydrogens (tertiary/aromatic N) is 2. The van der Waals surface area contributed by atoms with E-state index in [0.29, 0.717) is 0 Å². The largest absolute Gasteiger partial charge is 0.464 e. The number of hydrogen-bond donors (Lipinski definition) is 1. The lowest BCUT2D eigenvalue weighted by Crippen LogP contribution is -2.13. The van der Waals surface area contributed by atoms with Crippen molar-refractivity contribution in [1.29, 1.82) is 0 Å². The summed E-state index contributed by atoms with van der Waals surface area (Å²) in [7, 11) is 1.16. The lowest BCUT2D eigenvalue weighted by molar-refractivity contribution is -0.393. The smallest absolute Gasteiger partial charge is 0.354 e. The third-order valence-electron chi connectivity index (χ3n) is 2.35. The Morgan fingerprint density at radius 2 is 1.95 bits per heavy atom. The molecule has 0 aromatic heterocycles. The maximum absolute atomic E-state index is 11.4. The molecule has 0 amide bonds. The van der Waals surface area contributed by atoms with Gasteiger partial charge in [-0.25, -0.2) is 4.79 Å². The molecule has 0 aliphatic carbocycles. The number of esters is 1. The number of methoxy groups -OCH3 is 1. The van der Waals surface area contributed by atoms with E-state index in [2.05, 4.69) is 10.1 Å². The van der Waals surface area contributed by atoms with E-state index in [-0.39, 0.29) is 11.4 Å². The number of benzene rings is 1. The molecule has 0 bridgehead atoms. The SMILES string of the molecule is CC=C(Nc1ccc([N+](=O)[O-])cc1[N+](=O)[O-])C(=O)OC. The van der Waals surface area contributed by atoms with Crippen molar-refractivity contribution >= 4 is 23.0 Å². The Balaban J connectivity index is 3.21. The second-order valence-corrected chi connectivity index (χ2v) is 3.53. The second kappa shape index (κ2) is 6.27. The van der Waals surface area contributed by atoms with E-state index in [0.717, 1.165) is 25.3 Å². The number of rotatable bonds is 5. The van der Waals surface area contributed by atoms with Gasteiger partial charge in [-0.3, -0.25) is 20.2 Å². The molecule has 0 radical (unpaired) electrons. The van der Waals surface area contributed by atoms with Gasteiger partial charge in [0.2, 0.25) is 0 Å². The van der Waals surface area contributed by atoms with Crippen molar-refractivity contribution in [3.05, 3.63) is 50.2 Å². The summed E-state index contributed by atoms with van der Waals surface area (Å²) in [5, 5.41) is 24.0. The fourth-order valence-electron chi connectivity index (χ4n) is 1.39. The third kappa shape index (κ3) is 3.28. The number of nitrogens with one attached hydrogen (secondary N) is 1. The number of anilines is 1. The summed E-state index contributed by atoms with van der Waals surface area (Å²) >= 11 is 0. The normalized spacial score (nSPS) is 10.8. The Hall–Kier alpha value is -2.97. The van der Waals surface area contributed by atoms with Gasteiger partial charge in [-0.1, -0.05) is 6.08 Å². The average Bonchev–Trinajstić information content (AvgIpc) is 2.43. The lowest BCUT2D eigenvalue weighted by Gasteiger charge is -2.08. The van der Waals surface area contributed by atoms with E-state index in [1.165, 1.54) is 13.0 Å². The Morgan fingerprint density at radius 3 is 2.40 bits per heavy atom. The monoisotopic (exact) mass is 281 g/mol. The molecule has 0 heterocycles. The average molecular weight is 281 g/mol. The first kappa shape index (κ1) is 15.1. The molecule has 9 nitrogen and oxygen atoms in total. The van der Waals surface area contributed by atoms with Crippen LogP contribution in [0.2, 0.25) is 0 Å². The number of carbonyl (C=O) groups excluding carboxylic acids is 1. The quantitative estimate of drug-likeness (QED) is 0.378. The standard InChI is InChI=1S/C11H11N3O6/c1-3-8(11(15)20-2)12-9-5-4-7(13(16)17)6-10(9)14(18)19/h3-6,12H,1-2H3. The van der Waals surface area contributed by atoms with Gasteiger partial charge in [0.15, 0.2) is 0 Å². The van der Waals surface area contributed by atoms with Gasteiger partial charge in [-0.05, 0) is 13.0 Å². The molecule has 0 unspecified atom stereocenters. The van der Waals surface area contributed by atoms with Crippen molar-refractivity contribution in [3.8, 4) is 0 Å². The molecule has 20 heavy (non-hydrogen) atoms. The molecule has 1 aromatic rings. The molecule has 0 saturated carbocycles. The van der Waals surface area contributed by atoms with Crippen LogP contribution in [-0.4, -0.2) is 22.9 Å². The molecule has 0 saturated heterocycles. The highest BCUT2D eigenvalue weighted by Gasteiger charge is 2.21. The molecule has 0 atom stereocenters. The predicted molar refractivity (Wildman–Crippen MR) is 69.1 cm³/mol. The van der Waals surface area contributed by atoms with Crippen LogP contribution in [0.5, 0.6) is 0 Å². The summed E-state index contributed by atoms with van der Waals surface area (Å²) in [5.41, 5.74) is -0.978. The summed E-state index contributed by atoms with van der Waals surface area (Å²) in [6.07, 6.45) is 1.37. The van der Waals surface area contributed by atoms with E-state index < -0.39 is 27.2 Å². The van der Waals surface area contributed by atoms with E-state index in [1.54, 1.807) is 0 Å². The van der Waals surface area contributed by atoms with Crippen LogP contribution < -0.4 is 5.32 Å². The first-order chi connectivity index (χ1) is 9.40. The van der Waals surface area contributed by atoms with E-state index in [1.807, 2.05) is 0 Å². The minimum absolute atomic E-state index is 0.00977. The Morgan fingerprint density at radius 1 is 1.30 bits per heavy atom. The highest BCUT2D eigenvalue weighted by atomic mass is 16.6. The zero-order valence-electron chi connectivity index (χ0n) is 10.7. The molecule has 1 N–H and O–H groups in total. The molecule has 0 aliphatic heterocycles. The minimum Gasteiger partial charge on any atom is -0.464 e. The molecule has 9 heteroatoms. The number of allylic oxidation sites excluding steroid dienone is 1. The van der Waals surface area contributed by atoms with Crippen molar-refractivity contribution in [2.24, 2.45) is 0 Å². The molecule has 1 rings (SSSR count). The van der Waals surface area contributed by atoms with Crippen molar-refractivity contribution in [3.63, 3.8) is 0 Å².